The number of hydrogen-bond acceptors (Lipinski definition) is 5. The number of rotatable bonds is 6. The highest BCUT2D eigenvalue weighted by atomic mass is 35.5. The summed E-state index contributed by atoms with van der Waals surface area (Å²) in [6, 6.07) is 4.36. The van der Waals surface area contributed by atoms with Gasteiger partial charge in [-0.15, -0.1) is 0 Å². The maximum atomic E-state index is 11.7. The third kappa shape index (κ3) is 5.61. The van der Waals surface area contributed by atoms with Crippen LogP contribution in [0.25, 0.3) is 0 Å². The van der Waals surface area contributed by atoms with Gasteiger partial charge < -0.3 is 5.73 Å². The first kappa shape index (κ1) is 17.2. The predicted molar refractivity (Wildman–Crippen MR) is 84.5 cm³/mol. The van der Waals surface area contributed by atoms with Gasteiger partial charge in [0.15, 0.2) is 0 Å². The molecule has 1 aromatic carbocycles. The molecule has 6 nitrogen and oxygen atoms in total. The van der Waals surface area contributed by atoms with E-state index in [0.717, 1.165) is 6.26 Å². The van der Waals surface area contributed by atoms with Gasteiger partial charge in [-0.3, -0.25) is 4.72 Å². The lowest BCUT2D eigenvalue weighted by atomic mass is 10.2. The fourth-order valence-corrected chi connectivity index (χ4v) is 4.35. The SMILES string of the molecule is CS(=O)(=O)CCS(=O)(=O)Nc1ccc(C(N)=S)cc1Cl. The van der Waals surface area contributed by atoms with Crippen LogP contribution < -0.4 is 10.5 Å². The summed E-state index contributed by atoms with van der Waals surface area (Å²) in [5, 5.41) is 0.123. The van der Waals surface area contributed by atoms with E-state index in [1.54, 1.807) is 0 Å². The minimum absolute atomic E-state index is 0.123. The molecule has 0 radical (unpaired) electrons. The topological polar surface area (TPSA) is 106 Å². The van der Waals surface area contributed by atoms with Crippen molar-refractivity contribution in [2.45, 2.75) is 0 Å². The molecular formula is C10H13ClN2O4S3. The molecule has 10 heteroatoms. The molecule has 0 bridgehead atoms. The first-order valence-corrected chi connectivity index (χ1v) is 9.78. The lowest BCUT2D eigenvalue weighted by molar-refractivity contribution is 0.593. The summed E-state index contributed by atoms with van der Waals surface area (Å²) >= 11 is 10.7. The normalized spacial score (nSPS) is 12.1. The Morgan fingerprint density at radius 1 is 1.30 bits per heavy atom. The Bertz CT molecular complexity index is 729. The van der Waals surface area contributed by atoms with E-state index in [1.165, 1.54) is 18.2 Å². The van der Waals surface area contributed by atoms with Gasteiger partial charge in [-0.1, -0.05) is 23.8 Å². The van der Waals surface area contributed by atoms with Gasteiger partial charge in [0, 0.05) is 11.8 Å². The third-order valence-corrected chi connectivity index (χ3v) is 5.27. The second-order valence-electron chi connectivity index (χ2n) is 4.11. The molecule has 0 amide bonds. The van der Waals surface area contributed by atoms with E-state index in [4.69, 9.17) is 29.6 Å². The Morgan fingerprint density at radius 3 is 2.35 bits per heavy atom. The lowest BCUT2D eigenvalue weighted by Crippen LogP contribution is -2.22. The highest BCUT2D eigenvalue weighted by Gasteiger charge is 2.16. The maximum absolute atomic E-state index is 11.7. The molecule has 3 N–H and O–H groups in total. The van der Waals surface area contributed by atoms with E-state index < -0.39 is 31.4 Å². The van der Waals surface area contributed by atoms with Crippen LogP contribution in [0.15, 0.2) is 18.2 Å². The maximum Gasteiger partial charge on any atom is 0.233 e. The minimum Gasteiger partial charge on any atom is -0.389 e. The van der Waals surface area contributed by atoms with Gasteiger partial charge in [0.05, 0.1) is 22.2 Å². The Labute approximate surface area is 128 Å². The van der Waals surface area contributed by atoms with Crippen molar-refractivity contribution in [3.05, 3.63) is 28.8 Å². The summed E-state index contributed by atoms with van der Waals surface area (Å²) in [6.07, 6.45) is 0.965. The molecule has 0 aliphatic heterocycles. The monoisotopic (exact) mass is 356 g/mol. The highest BCUT2D eigenvalue weighted by molar-refractivity contribution is 7.95. The summed E-state index contributed by atoms with van der Waals surface area (Å²) in [4.78, 5) is 0.137. The summed E-state index contributed by atoms with van der Waals surface area (Å²) in [5.74, 6) is -1.01. The first-order valence-electron chi connectivity index (χ1n) is 5.28. The van der Waals surface area contributed by atoms with Crippen LogP contribution in [0, 0.1) is 0 Å². The van der Waals surface area contributed by atoms with Crippen molar-refractivity contribution >= 4 is 54.4 Å². The van der Waals surface area contributed by atoms with Crippen LogP contribution in [0.5, 0.6) is 0 Å². The second-order valence-corrected chi connectivity index (χ2v) is 9.06. The Kier molecular flexibility index (Phi) is 5.36. The molecular weight excluding hydrogens is 344 g/mol. The van der Waals surface area contributed by atoms with Gasteiger partial charge in [0.2, 0.25) is 10.0 Å². The van der Waals surface area contributed by atoms with Gasteiger partial charge in [-0.05, 0) is 18.2 Å². The molecule has 0 aliphatic rings. The van der Waals surface area contributed by atoms with E-state index in [1.807, 2.05) is 0 Å². The quantitative estimate of drug-likeness (QED) is 0.729. The van der Waals surface area contributed by atoms with Gasteiger partial charge in [-0.25, -0.2) is 16.8 Å². The van der Waals surface area contributed by atoms with Crippen molar-refractivity contribution in [2.24, 2.45) is 5.73 Å². The number of benzene rings is 1. The fraction of sp³-hybridized carbons (Fsp3) is 0.300. The molecule has 0 aliphatic carbocycles. The smallest absolute Gasteiger partial charge is 0.233 e. The first-order chi connectivity index (χ1) is 9.00. The van der Waals surface area contributed by atoms with Crippen molar-refractivity contribution < 1.29 is 16.8 Å². The molecule has 1 aromatic rings. The molecule has 0 fully saturated rings. The van der Waals surface area contributed by atoms with Gasteiger partial charge in [0.1, 0.15) is 14.8 Å². The molecule has 112 valence electrons. The zero-order valence-electron chi connectivity index (χ0n) is 10.5. The van der Waals surface area contributed by atoms with Gasteiger partial charge in [0.25, 0.3) is 0 Å². The average Bonchev–Trinajstić information content (AvgIpc) is 2.28. The summed E-state index contributed by atoms with van der Waals surface area (Å²) in [7, 11) is -7.16. The zero-order valence-corrected chi connectivity index (χ0v) is 13.7. The Hall–Kier alpha value is -0.900. The average molecular weight is 357 g/mol. The summed E-state index contributed by atoms with van der Waals surface area (Å²) in [6.45, 7) is 0. The largest absolute Gasteiger partial charge is 0.389 e. The zero-order chi connectivity index (χ0) is 15.6. The third-order valence-electron chi connectivity index (χ3n) is 2.24. The standard InChI is InChI=1S/C10H13ClN2O4S3/c1-19(14,15)4-5-20(16,17)13-9-3-2-7(10(12)18)6-8(9)11/h2-3,6,13H,4-5H2,1H3,(H2,12,18). The molecule has 0 saturated heterocycles. The van der Waals surface area contributed by atoms with Crippen LogP contribution in [0.3, 0.4) is 0 Å². The van der Waals surface area contributed by atoms with E-state index in [2.05, 4.69) is 4.72 Å². The molecule has 0 unspecified atom stereocenters. The van der Waals surface area contributed by atoms with Crippen molar-refractivity contribution in [2.75, 3.05) is 22.5 Å². The van der Waals surface area contributed by atoms with Crippen molar-refractivity contribution in [3.8, 4) is 0 Å². The van der Waals surface area contributed by atoms with Crippen LogP contribution in [0.2, 0.25) is 5.02 Å². The number of thiocarbonyl (C=S) groups is 1. The second kappa shape index (κ2) is 6.25. The lowest BCUT2D eigenvalue weighted by Gasteiger charge is -2.10. The van der Waals surface area contributed by atoms with Crippen molar-refractivity contribution in [1.82, 2.24) is 0 Å². The highest BCUT2D eigenvalue weighted by Crippen LogP contribution is 2.24. The number of nitrogens with two attached hydrogens (primary N) is 1. The number of halogens is 1. The number of nitrogens with one attached hydrogen (secondary N) is 1. The number of sulfonamides is 1. The Balaban J connectivity index is 2.90. The van der Waals surface area contributed by atoms with Crippen molar-refractivity contribution in [3.63, 3.8) is 0 Å². The van der Waals surface area contributed by atoms with E-state index in [9.17, 15) is 16.8 Å². The van der Waals surface area contributed by atoms with Crippen molar-refractivity contribution in [1.29, 1.82) is 0 Å². The Morgan fingerprint density at radius 2 is 1.90 bits per heavy atom. The predicted octanol–water partition coefficient (Wildman–Crippen LogP) is 0.761. The number of anilines is 1. The number of hydrogen-bond donors (Lipinski definition) is 2. The molecule has 0 heterocycles. The minimum atomic E-state index is -3.80. The summed E-state index contributed by atoms with van der Waals surface area (Å²) in [5.41, 5.74) is 6.07. The van der Waals surface area contributed by atoms with Crippen LogP contribution in [-0.2, 0) is 19.9 Å². The van der Waals surface area contributed by atoms with Crippen LogP contribution in [-0.4, -0.2) is 39.6 Å². The number of sulfone groups is 1. The van der Waals surface area contributed by atoms with E-state index >= 15 is 0 Å². The van der Waals surface area contributed by atoms with Gasteiger partial charge >= 0.3 is 0 Å². The molecule has 0 aromatic heterocycles. The van der Waals surface area contributed by atoms with Crippen LogP contribution >= 0.6 is 23.8 Å². The molecule has 0 saturated carbocycles. The van der Waals surface area contributed by atoms with E-state index in [-0.39, 0.29) is 15.7 Å². The molecule has 1 rings (SSSR count). The van der Waals surface area contributed by atoms with Crippen LogP contribution in [0.4, 0.5) is 5.69 Å². The molecule has 0 spiro atoms. The summed E-state index contributed by atoms with van der Waals surface area (Å²) < 4.78 is 47.6. The molecule has 20 heavy (non-hydrogen) atoms. The fourth-order valence-electron chi connectivity index (χ4n) is 1.23. The van der Waals surface area contributed by atoms with Crippen LogP contribution in [0.1, 0.15) is 5.56 Å². The van der Waals surface area contributed by atoms with E-state index in [0.29, 0.717) is 5.56 Å². The van der Waals surface area contributed by atoms with Gasteiger partial charge in [-0.2, -0.15) is 0 Å². The molecule has 0 atom stereocenters.